The summed E-state index contributed by atoms with van der Waals surface area (Å²) < 4.78 is 21.2. The van der Waals surface area contributed by atoms with E-state index in [0.717, 1.165) is 0 Å². The Bertz CT molecular complexity index is 376. The van der Waals surface area contributed by atoms with Gasteiger partial charge in [-0.2, -0.15) is 0 Å². The molecule has 1 aliphatic heterocycles. The van der Waals surface area contributed by atoms with Crippen molar-refractivity contribution in [3.8, 4) is 0 Å². The van der Waals surface area contributed by atoms with Crippen LogP contribution in [0, 0.1) is 0 Å². The van der Waals surface area contributed by atoms with Crippen molar-refractivity contribution in [3.05, 3.63) is 30.3 Å². The lowest BCUT2D eigenvalue weighted by atomic mass is 10.2. The molecular weight excluding hydrogens is 246 g/mol. The minimum absolute atomic E-state index is 0.136. The summed E-state index contributed by atoms with van der Waals surface area (Å²) >= 11 is 0. The highest BCUT2D eigenvalue weighted by molar-refractivity contribution is 8.13. The lowest BCUT2D eigenvalue weighted by Crippen LogP contribution is -2.21. The van der Waals surface area contributed by atoms with E-state index < -0.39 is 9.05 Å². The fourth-order valence-electron chi connectivity index (χ4n) is 1.38. The van der Waals surface area contributed by atoms with Crippen LogP contribution in [0.1, 0.15) is 19.3 Å². The van der Waals surface area contributed by atoms with Gasteiger partial charge in [-0.05, 0) is 38.1 Å². The van der Waals surface area contributed by atoms with Crippen LogP contribution in [0.15, 0.2) is 35.2 Å². The van der Waals surface area contributed by atoms with Crippen molar-refractivity contribution in [2.75, 3.05) is 13.1 Å². The summed E-state index contributed by atoms with van der Waals surface area (Å²) in [4.78, 5) is 0.136. The van der Waals surface area contributed by atoms with E-state index in [-0.39, 0.29) is 4.90 Å². The fraction of sp³-hybridized carbons (Fsp3) is 0.455. The Morgan fingerprint density at radius 2 is 1.56 bits per heavy atom. The molecule has 0 radical (unpaired) electrons. The van der Waals surface area contributed by atoms with E-state index in [0.29, 0.717) is 0 Å². The monoisotopic (exact) mass is 261 g/mol. The topological polar surface area (TPSA) is 46.2 Å². The molecule has 1 saturated heterocycles. The van der Waals surface area contributed by atoms with Gasteiger partial charge in [0.25, 0.3) is 9.05 Å². The molecule has 0 unspecified atom stereocenters. The predicted molar refractivity (Wildman–Crippen MR) is 66.2 cm³/mol. The van der Waals surface area contributed by atoms with E-state index in [4.69, 9.17) is 10.7 Å². The second-order valence-electron chi connectivity index (χ2n) is 3.56. The van der Waals surface area contributed by atoms with E-state index >= 15 is 0 Å². The number of halogens is 1. The van der Waals surface area contributed by atoms with Crippen molar-refractivity contribution >= 4 is 19.7 Å². The second kappa shape index (κ2) is 6.89. The van der Waals surface area contributed by atoms with Crippen LogP contribution < -0.4 is 5.32 Å². The number of hydrogen-bond donors (Lipinski definition) is 1. The van der Waals surface area contributed by atoms with Gasteiger partial charge in [0.05, 0.1) is 4.90 Å². The molecule has 90 valence electrons. The predicted octanol–water partition coefficient (Wildman–Crippen LogP) is 2.37. The lowest BCUT2D eigenvalue weighted by molar-refractivity contribution is 0.520. The highest BCUT2D eigenvalue weighted by Gasteiger charge is 2.06. The molecule has 5 heteroatoms. The van der Waals surface area contributed by atoms with Crippen LogP contribution in [0.2, 0.25) is 0 Å². The van der Waals surface area contributed by atoms with Crippen molar-refractivity contribution in [3.63, 3.8) is 0 Å². The Balaban J connectivity index is 0.000000181. The third-order valence-corrected chi connectivity index (χ3v) is 3.60. The summed E-state index contributed by atoms with van der Waals surface area (Å²) in [7, 11) is 1.50. The summed E-state index contributed by atoms with van der Waals surface area (Å²) in [6.07, 6.45) is 4.22. The van der Waals surface area contributed by atoms with Crippen LogP contribution in [-0.2, 0) is 9.05 Å². The summed E-state index contributed by atoms with van der Waals surface area (Å²) in [6.45, 7) is 2.50. The molecule has 0 atom stereocenters. The van der Waals surface area contributed by atoms with E-state index in [9.17, 15) is 8.42 Å². The molecule has 1 heterocycles. The van der Waals surface area contributed by atoms with Gasteiger partial charge in [-0.25, -0.2) is 8.42 Å². The average Bonchev–Trinajstić information content (AvgIpc) is 2.32. The normalized spacial score (nSPS) is 16.1. The zero-order chi connectivity index (χ0) is 11.9. The fourth-order valence-corrected chi connectivity index (χ4v) is 2.18. The SMILES string of the molecule is C1CCNCC1.O=S(=O)(Cl)c1ccccc1. The summed E-state index contributed by atoms with van der Waals surface area (Å²) in [5, 5.41) is 3.28. The molecule has 1 aliphatic rings. The largest absolute Gasteiger partial charge is 0.317 e. The number of benzene rings is 1. The van der Waals surface area contributed by atoms with Gasteiger partial charge in [0.1, 0.15) is 0 Å². The second-order valence-corrected chi connectivity index (χ2v) is 6.13. The molecule has 0 spiro atoms. The third kappa shape index (κ3) is 5.49. The Morgan fingerprint density at radius 1 is 1.00 bits per heavy atom. The first-order valence-electron chi connectivity index (χ1n) is 5.31. The minimum atomic E-state index is -3.53. The van der Waals surface area contributed by atoms with Gasteiger partial charge in [-0.3, -0.25) is 0 Å². The van der Waals surface area contributed by atoms with Crippen LogP contribution in [-0.4, -0.2) is 21.5 Å². The maximum absolute atomic E-state index is 10.6. The summed E-state index contributed by atoms with van der Waals surface area (Å²) in [5.41, 5.74) is 0. The lowest BCUT2D eigenvalue weighted by Gasteiger charge is -2.08. The van der Waals surface area contributed by atoms with Gasteiger partial charge in [0.15, 0.2) is 0 Å². The van der Waals surface area contributed by atoms with Gasteiger partial charge >= 0.3 is 0 Å². The minimum Gasteiger partial charge on any atom is -0.317 e. The molecule has 16 heavy (non-hydrogen) atoms. The van der Waals surface area contributed by atoms with E-state index in [1.807, 2.05) is 0 Å². The number of hydrogen-bond acceptors (Lipinski definition) is 3. The van der Waals surface area contributed by atoms with Crippen molar-refractivity contribution in [2.45, 2.75) is 24.2 Å². The molecule has 1 fully saturated rings. The Kier molecular flexibility index (Phi) is 5.80. The molecule has 3 nitrogen and oxygen atoms in total. The average molecular weight is 262 g/mol. The summed E-state index contributed by atoms with van der Waals surface area (Å²) in [5.74, 6) is 0. The van der Waals surface area contributed by atoms with Gasteiger partial charge < -0.3 is 5.32 Å². The maximum atomic E-state index is 10.6. The molecule has 0 aromatic heterocycles. The smallest absolute Gasteiger partial charge is 0.261 e. The van der Waals surface area contributed by atoms with E-state index in [1.54, 1.807) is 18.2 Å². The highest BCUT2D eigenvalue weighted by atomic mass is 35.7. The van der Waals surface area contributed by atoms with E-state index in [2.05, 4.69) is 5.32 Å². The van der Waals surface area contributed by atoms with Crippen molar-refractivity contribution < 1.29 is 8.42 Å². The van der Waals surface area contributed by atoms with Crippen LogP contribution in [0.4, 0.5) is 0 Å². The van der Waals surface area contributed by atoms with Crippen LogP contribution in [0.3, 0.4) is 0 Å². The quantitative estimate of drug-likeness (QED) is 0.790. The highest BCUT2D eigenvalue weighted by Crippen LogP contribution is 2.12. The number of nitrogens with one attached hydrogen (secondary N) is 1. The first kappa shape index (κ1) is 13.5. The Hall–Kier alpha value is -0.580. The first-order chi connectivity index (χ1) is 7.61. The molecule has 1 N–H and O–H groups in total. The molecule has 0 aliphatic carbocycles. The van der Waals surface area contributed by atoms with Crippen LogP contribution in [0.25, 0.3) is 0 Å². The van der Waals surface area contributed by atoms with Crippen LogP contribution >= 0.6 is 10.7 Å². The molecule has 1 aromatic rings. The number of rotatable bonds is 1. The van der Waals surface area contributed by atoms with Crippen molar-refractivity contribution in [1.29, 1.82) is 0 Å². The number of piperidine rings is 1. The van der Waals surface area contributed by atoms with E-state index in [1.165, 1.54) is 44.5 Å². The summed E-state index contributed by atoms with van der Waals surface area (Å²) in [6, 6.07) is 7.86. The molecule has 0 saturated carbocycles. The van der Waals surface area contributed by atoms with Gasteiger partial charge in [0, 0.05) is 10.7 Å². The van der Waals surface area contributed by atoms with Crippen molar-refractivity contribution in [2.24, 2.45) is 0 Å². The zero-order valence-corrected chi connectivity index (χ0v) is 10.6. The zero-order valence-electron chi connectivity index (χ0n) is 9.02. The van der Waals surface area contributed by atoms with Crippen LogP contribution in [0.5, 0.6) is 0 Å². The molecule has 0 amide bonds. The Labute approximate surface area is 101 Å². The molecule has 2 rings (SSSR count). The Morgan fingerprint density at radius 3 is 1.81 bits per heavy atom. The third-order valence-electron chi connectivity index (χ3n) is 2.23. The maximum Gasteiger partial charge on any atom is 0.261 e. The van der Waals surface area contributed by atoms with Gasteiger partial charge in [-0.15, -0.1) is 0 Å². The van der Waals surface area contributed by atoms with Gasteiger partial charge in [0.2, 0.25) is 0 Å². The van der Waals surface area contributed by atoms with Gasteiger partial charge in [-0.1, -0.05) is 24.6 Å². The molecule has 1 aromatic carbocycles. The standard InChI is InChI=1S/C6H5ClO2S.C5H11N/c7-10(8,9)6-4-2-1-3-5-6;1-2-4-6-5-3-1/h1-5H;6H,1-5H2. The van der Waals surface area contributed by atoms with Crippen molar-refractivity contribution in [1.82, 2.24) is 5.32 Å². The molecule has 0 bridgehead atoms. The molecular formula is C11H16ClNO2S. The first-order valence-corrected chi connectivity index (χ1v) is 7.62.